The number of nitrogens with zero attached hydrogens (tertiary/aromatic N) is 4. The largest absolute Gasteiger partial charge is 0.493 e. The van der Waals surface area contributed by atoms with E-state index in [0.29, 0.717) is 23.3 Å². The van der Waals surface area contributed by atoms with E-state index in [-0.39, 0.29) is 0 Å². The molecule has 0 aliphatic heterocycles. The summed E-state index contributed by atoms with van der Waals surface area (Å²) < 4.78 is 18.5. The van der Waals surface area contributed by atoms with Crippen molar-refractivity contribution < 1.29 is 14.0 Å². The maximum Gasteiger partial charge on any atom is 0.192 e. The van der Waals surface area contributed by atoms with Gasteiger partial charge in [0.2, 0.25) is 0 Å². The molecule has 8 heteroatoms. The fourth-order valence-corrected chi connectivity index (χ4v) is 4.72. The molecule has 0 bridgehead atoms. The summed E-state index contributed by atoms with van der Waals surface area (Å²) in [5.41, 5.74) is 1.86. The molecule has 1 aliphatic rings. The normalized spacial score (nSPS) is 14.9. The average molecular weight is 415 g/mol. The summed E-state index contributed by atoms with van der Waals surface area (Å²) in [5.74, 6) is 3.79. The van der Waals surface area contributed by atoms with Crippen molar-refractivity contribution in [3.63, 3.8) is 0 Å². The van der Waals surface area contributed by atoms with Crippen molar-refractivity contribution in [2.75, 3.05) is 14.2 Å². The van der Waals surface area contributed by atoms with Gasteiger partial charge in [-0.1, -0.05) is 36.2 Å². The molecular weight excluding hydrogens is 388 g/mol. The van der Waals surface area contributed by atoms with Crippen LogP contribution in [0.25, 0.3) is 11.4 Å². The summed E-state index contributed by atoms with van der Waals surface area (Å²) in [6.45, 7) is 1.93. The molecule has 2 aromatic heterocycles. The van der Waals surface area contributed by atoms with Gasteiger partial charge in [0, 0.05) is 17.7 Å². The Kier molecular flexibility index (Phi) is 6.08. The van der Waals surface area contributed by atoms with Crippen LogP contribution < -0.4 is 9.47 Å². The maximum atomic E-state index is 5.49. The number of hydrogen-bond donors (Lipinski definition) is 0. The molecule has 0 spiro atoms. The molecule has 1 saturated carbocycles. The zero-order valence-corrected chi connectivity index (χ0v) is 17.9. The predicted molar refractivity (Wildman–Crippen MR) is 111 cm³/mol. The molecule has 29 heavy (non-hydrogen) atoms. The van der Waals surface area contributed by atoms with Gasteiger partial charge in [0.25, 0.3) is 0 Å². The SMILES string of the molecule is COc1ccc(-c2nnc(SCc3cc(C)no3)n2C2CCCCC2)cc1OC. The molecule has 0 amide bonds. The van der Waals surface area contributed by atoms with E-state index in [1.54, 1.807) is 26.0 Å². The topological polar surface area (TPSA) is 75.2 Å². The van der Waals surface area contributed by atoms with Gasteiger partial charge in [0.15, 0.2) is 22.5 Å². The first kappa shape index (κ1) is 19.8. The molecule has 1 fully saturated rings. The number of aryl methyl sites for hydroxylation is 1. The third-order valence-corrected chi connectivity index (χ3v) is 6.23. The molecule has 0 saturated heterocycles. The van der Waals surface area contributed by atoms with Crippen molar-refractivity contribution in [1.29, 1.82) is 0 Å². The molecule has 2 heterocycles. The highest BCUT2D eigenvalue weighted by Crippen LogP contribution is 2.38. The van der Waals surface area contributed by atoms with E-state index in [1.165, 1.54) is 19.3 Å². The van der Waals surface area contributed by atoms with E-state index in [9.17, 15) is 0 Å². The molecule has 0 radical (unpaired) electrons. The van der Waals surface area contributed by atoms with Gasteiger partial charge in [0.05, 0.1) is 25.7 Å². The van der Waals surface area contributed by atoms with Gasteiger partial charge in [-0.15, -0.1) is 10.2 Å². The summed E-state index contributed by atoms with van der Waals surface area (Å²) in [6, 6.07) is 8.26. The van der Waals surface area contributed by atoms with E-state index >= 15 is 0 Å². The van der Waals surface area contributed by atoms with E-state index in [0.717, 1.165) is 40.8 Å². The monoisotopic (exact) mass is 414 g/mol. The van der Waals surface area contributed by atoms with Crippen LogP contribution in [0.1, 0.15) is 49.6 Å². The quantitative estimate of drug-likeness (QED) is 0.500. The van der Waals surface area contributed by atoms with Gasteiger partial charge >= 0.3 is 0 Å². The first-order chi connectivity index (χ1) is 14.2. The lowest BCUT2D eigenvalue weighted by molar-refractivity contribution is 0.338. The average Bonchev–Trinajstić information content (AvgIpc) is 3.38. The molecule has 3 aromatic rings. The Balaban J connectivity index is 1.68. The van der Waals surface area contributed by atoms with Gasteiger partial charge < -0.3 is 14.0 Å². The van der Waals surface area contributed by atoms with Crippen molar-refractivity contribution in [3.8, 4) is 22.9 Å². The Morgan fingerprint density at radius 3 is 2.55 bits per heavy atom. The molecule has 0 atom stereocenters. The molecule has 0 N–H and O–H groups in total. The first-order valence-electron chi connectivity index (χ1n) is 9.92. The lowest BCUT2D eigenvalue weighted by Gasteiger charge is -2.25. The van der Waals surface area contributed by atoms with E-state index in [4.69, 9.17) is 14.0 Å². The van der Waals surface area contributed by atoms with Crippen molar-refractivity contribution in [1.82, 2.24) is 19.9 Å². The molecule has 1 aromatic carbocycles. The molecule has 7 nitrogen and oxygen atoms in total. The number of ether oxygens (including phenoxy) is 2. The first-order valence-corrected chi connectivity index (χ1v) is 10.9. The van der Waals surface area contributed by atoms with Crippen LogP contribution in [-0.2, 0) is 5.75 Å². The second-order valence-electron chi connectivity index (χ2n) is 7.26. The van der Waals surface area contributed by atoms with Gasteiger partial charge in [-0.05, 0) is 38.0 Å². The number of benzene rings is 1. The minimum Gasteiger partial charge on any atom is -0.493 e. The standard InChI is InChI=1S/C21H26N4O3S/c1-14-11-17(28-24-14)13-29-21-23-22-20(25(21)16-7-5-4-6-8-16)15-9-10-18(26-2)19(12-15)27-3/h9-12,16H,4-8,13H2,1-3H3. The number of aromatic nitrogens is 4. The fourth-order valence-electron chi connectivity index (χ4n) is 3.84. The lowest BCUT2D eigenvalue weighted by Crippen LogP contribution is -2.15. The highest BCUT2D eigenvalue weighted by atomic mass is 32.2. The van der Waals surface area contributed by atoms with Crippen molar-refractivity contribution in [2.45, 2.75) is 56.0 Å². The van der Waals surface area contributed by atoms with Crippen LogP contribution in [0.5, 0.6) is 11.5 Å². The number of rotatable bonds is 7. The second-order valence-corrected chi connectivity index (χ2v) is 8.20. The number of methoxy groups -OCH3 is 2. The van der Waals surface area contributed by atoms with Crippen LogP contribution in [0.15, 0.2) is 33.9 Å². The third-order valence-electron chi connectivity index (χ3n) is 5.27. The van der Waals surface area contributed by atoms with Gasteiger partial charge in [-0.3, -0.25) is 4.57 Å². The van der Waals surface area contributed by atoms with Crippen LogP contribution in [0, 0.1) is 6.92 Å². The highest BCUT2D eigenvalue weighted by molar-refractivity contribution is 7.98. The Morgan fingerprint density at radius 1 is 1.07 bits per heavy atom. The van der Waals surface area contributed by atoms with Crippen molar-refractivity contribution >= 4 is 11.8 Å². The van der Waals surface area contributed by atoms with Gasteiger partial charge in [0.1, 0.15) is 5.76 Å². The van der Waals surface area contributed by atoms with Crippen molar-refractivity contribution in [3.05, 3.63) is 35.7 Å². The summed E-state index contributed by atoms with van der Waals surface area (Å²) >= 11 is 1.64. The van der Waals surface area contributed by atoms with E-state index in [1.807, 2.05) is 31.2 Å². The van der Waals surface area contributed by atoms with Crippen molar-refractivity contribution in [2.24, 2.45) is 0 Å². The predicted octanol–water partition coefficient (Wildman–Crippen LogP) is 5.06. The summed E-state index contributed by atoms with van der Waals surface area (Å²) in [7, 11) is 3.29. The number of thioether (sulfide) groups is 1. The highest BCUT2D eigenvalue weighted by Gasteiger charge is 2.24. The lowest BCUT2D eigenvalue weighted by atomic mass is 9.95. The van der Waals surface area contributed by atoms with Crippen LogP contribution in [0.2, 0.25) is 0 Å². The summed E-state index contributed by atoms with van der Waals surface area (Å²) in [6.07, 6.45) is 6.06. The second kappa shape index (κ2) is 8.90. The van der Waals surface area contributed by atoms with Gasteiger partial charge in [-0.25, -0.2) is 0 Å². The molecule has 0 unspecified atom stereocenters. The third kappa shape index (κ3) is 4.27. The summed E-state index contributed by atoms with van der Waals surface area (Å²) in [5, 5.41) is 14.0. The minimum absolute atomic E-state index is 0.404. The zero-order chi connectivity index (χ0) is 20.2. The van der Waals surface area contributed by atoms with E-state index in [2.05, 4.69) is 19.9 Å². The van der Waals surface area contributed by atoms with Crippen LogP contribution >= 0.6 is 11.8 Å². The van der Waals surface area contributed by atoms with Gasteiger partial charge in [-0.2, -0.15) is 0 Å². The fraction of sp³-hybridized carbons (Fsp3) is 0.476. The number of hydrogen-bond acceptors (Lipinski definition) is 7. The molecule has 154 valence electrons. The van der Waals surface area contributed by atoms with Crippen LogP contribution in [0.4, 0.5) is 0 Å². The Morgan fingerprint density at radius 2 is 1.86 bits per heavy atom. The Bertz CT molecular complexity index is 963. The molecule has 4 rings (SSSR count). The zero-order valence-electron chi connectivity index (χ0n) is 17.1. The Labute approximate surface area is 174 Å². The minimum atomic E-state index is 0.404. The Hall–Kier alpha value is -2.48. The van der Waals surface area contributed by atoms with Crippen LogP contribution in [0.3, 0.4) is 0 Å². The maximum absolute atomic E-state index is 5.49. The molecule has 1 aliphatic carbocycles. The summed E-state index contributed by atoms with van der Waals surface area (Å²) in [4.78, 5) is 0. The van der Waals surface area contributed by atoms with E-state index < -0.39 is 0 Å². The smallest absolute Gasteiger partial charge is 0.192 e. The molecular formula is C21H26N4O3S. The van der Waals surface area contributed by atoms with Crippen LogP contribution in [-0.4, -0.2) is 34.1 Å².